The Morgan fingerprint density at radius 2 is 1.68 bits per heavy atom. The quantitative estimate of drug-likeness (QED) is 0.579. The van der Waals surface area contributed by atoms with E-state index in [2.05, 4.69) is 27.7 Å². The topological polar surface area (TPSA) is 58.9 Å². The van der Waals surface area contributed by atoms with Crippen LogP contribution in [0.2, 0.25) is 0 Å². The van der Waals surface area contributed by atoms with Crippen molar-refractivity contribution in [2.24, 2.45) is 52.3 Å². The largest absolute Gasteiger partial charge is 0.393 e. The molecular formula is C27H44O4. The first kappa shape index (κ1) is 21.4. The Balaban J connectivity index is 1.29. The van der Waals surface area contributed by atoms with Crippen LogP contribution in [-0.4, -0.2) is 40.9 Å². The van der Waals surface area contributed by atoms with Gasteiger partial charge in [0.15, 0.2) is 5.79 Å². The monoisotopic (exact) mass is 432 g/mol. The molecular weight excluding hydrogens is 388 g/mol. The van der Waals surface area contributed by atoms with Gasteiger partial charge in [0.05, 0.1) is 24.9 Å². The van der Waals surface area contributed by atoms with Crippen LogP contribution in [0.3, 0.4) is 0 Å². The first-order valence-electron chi connectivity index (χ1n) is 13.4. The maximum absolute atomic E-state index is 11.8. The molecule has 4 saturated carbocycles. The summed E-state index contributed by atoms with van der Waals surface area (Å²) in [5, 5.41) is 22.1. The van der Waals surface area contributed by atoms with Crippen molar-refractivity contribution in [2.75, 3.05) is 6.61 Å². The molecule has 31 heavy (non-hydrogen) atoms. The molecule has 6 fully saturated rings. The Hall–Kier alpha value is -0.160. The van der Waals surface area contributed by atoms with Gasteiger partial charge in [0.1, 0.15) is 0 Å². The van der Waals surface area contributed by atoms with Gasteiger partial charge in [-0.3, -0.25) is 0 Å². The number of fused-ring (bicyclic) bond motifs is 7. The van der Waals surface area contributed by atoms with E-state index in [0.717, 1.165) is 45.1 Å². The average Bonchev–Trinajstić information content (AvgIpc) is 3.18. The lowest BCUT2D eigenvalue weighted by Gasteiger charge is -2.62. The highest BCUT2D eigenvalue weighted by Gasteiger charge is 2.71. The second-order valence-electron chi connectivity index (χ2n) is 13.2. The van der Waals surface area contributed by atoms with Crippen molar-refractivity contribution in [3.05, 3.63) is 0 Å². The van der Waals surface area contributed by atoms with Crippen molar-refractivity contribution in [2.45, 2.75) is 110 Å². The van der Waals surface area contributed by atoms with Gasteiger partial charge in [-0.2, -0.15) is 0 Å². The Labute approximate surface area is 188 Å². The molecule has 0 aromatic rings. The predicted octanol–water partition coefficient (Wildman–Crippen LogP) is 4.76. The molecule has 2 heterocycles. The smallest absolute Gasteiger partial charge is 0.171 e. The molecule has 6 aliphatic rings. The number of hydrogen-bond donors (Lipinski definition) is 2. The van der Waals surface area contributed by atoms with Crippen molar-refractivity contribution in [1.29, 1.82) is 0 Å². The second kappa shape index (κ2) is 6.93. The molecule has 0 bridgehead atoms. The van der Waals surface area contributed by atoms with Crippen LogP contribution in [0.5, 0.6) is 0 Å². The first-order valence-corrected chi connectivity index (χ1v) is 13.4. The van der Waals surface area contributed by atoms with E-state index in [0.29, 0.717) is 46.8 Å². The molecule has 1 unspecified atom stereocenters. The Kier molecular flexibility index (Phi) is 4.78. The summed E-state index contributed by atoms with van der Waals surface area (Å²) in [6, 6.07) is 0. The number of aliphatic hydroxyl groups is 2. The normalized spacial score (nSPS) is 63.3. The highest BCUT2D eigenvalue weighted by Crippen LogP contribution is 2.71. The van der Waals surface area contributed by atoms with Crippen molar-refractivity contribution in [1.82, 2.24) is 0 Å². The fourth-order valence-electron chi connectivity index (χ4n) is 10.2. The highest BCUT2D eigenvalue weighted by atomic mass is 16.7. The summed E-state index contributed by atoms with van der Waals surface area (Å²) < 4.78 is 13.3. The molecule has 2 saturated heterocycles. The van der Waals surface area contributed by atoms with E-state index < -0.39 is 5.79 Å². The van der Waals surface area contributed by atoms with E-state index >= 15 is 0 Å². The molecule has 4 heteroatoms. The molecule has 2 N–H and O–H groups in total. The lowest BCUT2D eigenvalue weighted by atomic mass is 9.43. The van der Waals surface area contributed by atoms with Gasteiger partial charge >= 0.3 is 0 Å². The number of ether oxygens (including phenoxy) is 2. The minimum Gasteiger partial charge on any atom is -0.393 e. The molecule has 4 nitrogen and oxygen atoms in total. The first-order chi connectivity index (χ1) is 14.7. The summed E-state index contributed by atoms with van der Waals surface area (Å²) in [6.45, 7) is 10.3. The zero-order valence-electron chi connectivity index (χ0n) is 20.1. The van der Waals surface area contributed by atoms with Gasteiger partial charge in [-0.25, -0.2) is 0 Å². The second-order valence-corrected chi connectivity index (χ2v) is 13.2. The van der Waals surface area contributed by atoms with Gasteiger partial charge in [0.2, 0.25) is 0 Å². The molecule has 176 valence electrons. The van der Waals surface area contributed by atoms with E-state index in [4.69, 9.17) is 9.47 Å². The predicted molar refractivity (Wildman–Crippen MR) is 119 cm³/mol. The van der Waals surface area contributed by atoms with Crippen LogP contribution < -0.4 is 0 Å². The van der Waals surface area contributed by atoms with E-state index in [9.17, 15) is 10.2 Å². The molecule has 6 rings (SSSR count). The van der Waals surface area contributed by atoms with Crippen LogP contribution in [0.1, 0.15) is 85.5 Å². The van der Waals surface area contributed by atoms with Crippen molar-refractivity contribution in [3.63, 3.8) is 0 Å². The standard InChI is InChI=1S/C27H44O4/c1-15-7-10-27(30-14-15)16(2)24-22(31-27)12-21-19-6-5-17-11-18(28)8-9-25(17,3)20(19)13-23(29)26(21,24)4/h15-24,28-29H,5-14H2,1-4H3/t15-,16+,17?,18+,19-,20+,21+,22+,23-,24+,25+,26-,27-/m1/s1. The minimum atomic E-state index is -0.407. The fourth-order valence-corrected chi connectivity index (χ4v) is 10.2. The Morgan fingerprint density at radius 1 is 0.871 bits per heavy atom. The molecule has 0 aromatic heterocycles. The molecule has 13 atom stereocenters. The van der Waals surface area contributed by atoms with Gasteiger partial charge in [-0.05, 0) is 86.4 Å². The lowest BCUT2D eigenvalue weighted by Crippen LogP contribution is -2.59. The summed E-state index contributed by atoms with van der Waals surface area (Å²) >= 11 is 0. The zero-order valence-corrected chi connectivity index (χ0v) is 20.1. The van der Waals surface area contributed by atoms with Crippen molar-refractivity contribution < 1.29 is 19.7 Å². The van der Waals surface area contributed by atoms with Gasteiger partial charge in [-0.15, -0.1) is 0 Å². The zero-order chi connectivity index (χ0) is 21.8. The van der Waals surface area contributed by atoms with Crippen LogP contribution in [-0.2, 0) is 9.47 Å². The van der Waals surface area contributed by atoms with Gasteiger partial charge in [-0.1, -0.05) is 27.7 Å². The Bertz CT molecular complexity index is 716. The third-order valence-corrected chi connectivity index (χ3v) is 12.0. The minimum absolute atomic E-state index is 0.0570. The fraction of sp³-hybridized carbons (Fsp3) is 1.00. The number of rotatable bonds is 0. The van der Waals surface area contributed by atoms with Crippen molar-refractivity contribution >= 4 is 0 Å². The van der Waals surface area contributed by atoms with Crippen LogP contribution in [0.25, 0.3) is 0 Å². The molecule has 1 spiro atoms. The molecule has 0 aromatic carbocycles. The summed E-state index contributed by atoms with van der Waals surface area (Å²) in [5.41, 5.74) is 0.233. The molecule has 2 aliphatic heterocycles. The highest BCUT2D eigenvalue weighted by molar-refractivity contribution is 5.17. The van der Waals surface area contributed by atoms with E-state index in [1.54, 1.807) is 0 Å². The van der Waals surface area contributed by atoms with Crippen molar-refractivity contribution in [3.8, 4) is 0 Å². The van der Waals surface area contributed by atoms with Crippen LogP contribution in [0.4, 0.5) is 0 Å². The molecule has 0 amide bonds. The summed E-state index contributed by atoms with van der Waals surface area (Å²) in [7, 11) is 0. The molecule has 0 radical (unpaired) electrons. The third-order valence-electron chi connectivity index (χ3n) is 12.0. The van der Waals surface area contributed by atoms with Gasteiger partial charge < -0.3 is 19.7 Å². The van der Waals surface area contributed by atoms with E-state index in [1.165, 1.54) is 19.3 Å². The van der Waals surface area contributed by atoms with Crippen LogP contribution in [0.15, 0.2) is 0 Å². The van der Waals surface area contributed by atoms with Gasteiger partial charge in [0.25, 0.3) is 0 Å². The van der Waals surface area contributed by atoms with Crippen LogP contribution in [0, 0.1) is 52.3 Å². The van der Waals surface area contributed by atoms with Crippen LogP contribution >= 0.6 is 0 Å². The van der Waals surface area contributed by atoms with E-state index in [-0.39, 0.29) is 23.7 Å². The van der Waals surface area contributed by atoms with Gasteiger partial charge in [0, 0.05) is 23.7 Å². The average molecular weight is 433 g/mol. The summed E-state index contributed by atoms with van der Waals surface area (Å²) in [4.78, 5) is 0. The third kappa shape index (κ3) is 2.74. The SMILES string of the molecule is C[C@@H]1CC[C@@]2(OC1)O[C@H]1C[C@H]3[C@@H]4CCC5C[C@@H](O)CC[C@]5(C)[C@H]4C[C@@H](O)[C@]3(C)[C@H]1[C@@H]2C. The summed E-state index contributed by atoms with van der Waals surface area (Å²) in [6.07, 6.45) is 9.70. The number of hydrogen-bond acceptors (Lipinski definition) is 4. The summed E-state index contributed by atoms with van der Waals surface area (Å²) in [5.74, 6) is 3.46. The van der Waals surface area contributed by atoms with E-state index in [1.807, 2.05) is 0 Å². The Morgan fingerprint density at radius 3 is 2.42 bits per heavy atom. The maximum Gasteiger partial charge on any atom is 0.171 e. The lowest BCUT2D eigenvalue weighted by molar-refractivity contribution is -0.274. The maximum atomic E-state index is 11.8. The molecule has 4 aliphatic carbocycles. The number of aliphatic hydroxyl groups excluding tert-OH is 2.